The lowest BCUT2D eigenvalue weighted by Gasteiger charge is -2.08. The number of aryl methyl sites for hydroxylation is 1. The Morgan fingerprint density at radius 2 is 2.05 bits per heavy atom. The molecule has 2 aromatic carbocycles. The third kappa shape index (κ3) is 4.82. The van der Waals surface area contributed by atoms with Gasteiger partial charge in [0.1, 0.15) is 12.4 Å². The first-order valence-electron chi connectivity index (χ1n) is 6.76. The number of aliphatic hydroxyl groups is 1. The van der Waals surface area contributed by atoms with E-state index < -0.39 is 0 Å². The van der Waals surface area contributed by atoms with Gasteiger partial charge in [0.15, 0.2) is 0 Å². The molecule has 0 saturated carbocycles. The average Bonchev–Trinajstić information content (AvgIpc) is 2.47. The van der Waals surface area contributed by atoms with E-state index in [1.807, 2.05) is 49.4 Å². The fourth-order valence-electron chi connectivity index (χ4n) is 1.87. The molecule has 0 aliphatic heterocycles. The lowest BCUT2D eigenvalue weighted by molar-refractivity contribution is 0.305. The number of benzene rings is 2. The van der Waals surface area contributed by atoms with Crippen molar-refractivity contribution >= 4 is 11.6 Å². The van der Waals surface area contributed by atoms with Crippen LogP contribution in [-0.4, -0.2) is 11.7 Å². The fourth-order valence-corrected chi connectivity index (χ4v) is 2.09. The van der Waals surface area contributed by atoms with Crippen LogP contribution in [-0.2, 0) is 6.61 Å². The quantitative estimate of drug-likeness (QED) is 0.866. The van der Waals surface area contributed by atoms with Gasteiger partial charge in [-0.3, -0.25) is 0 Å². The second-order valence-corrected chi connectivity index (χ2v) is 5.11. The summed E-state index contributed by atoms with van der Waals surface area (Å²) < 4.78 is 5.76. The second-order valence-electron chi connectivity index (χ2n) is 4.67. The van der Waals surface area contributed by atoms with Crippen LogP contribution >= 0.6 is 11.6 Å². The van der Waals surface area contributed by atoms with E-state index in [9.17, 15) is 0 Å². The van der Waals surface area contributed by atoms with Gasteiger partial charge in [0.2, 0.25) is 0 Å². The smallest absolute Gasteiger partial charge is 0.120 e. The molecule has 0 fully saturated rings. The molecule has 0 heterocycles. The van der Waals surface area contributed by atoms with Gasteiger partial charge in [-0.2, -0.15) is 0 Å². The van der Waals surface area contributed by atoms with Crippen LogP contribution < -0.4 is 4.74 Å². The predicted molar refractivity (Wildman–Crippen MR) is 85.5 cm³/mol. The van der Waals surface area contributed by atoms with Crippen molar-refractivity contribution in [1.29, 1.82) is 0 Å². The monoisotopic (exact) mass is 300 g/mol. The van der Waals surface area contributed by atoms with E-state index in [-0.39, 0.29) is 6.61 Å². The Kier molecular flexibility index (Phi) is 5.68. The molecule has 0 unspecified atom stereocenters. The minimum atomic E-state index is 0.0902. The number of halogens is 1. The van der Waals surface area contributed by atoms with Gasteiger partial charge in [-0.25, -0.2) is 0 Å². The summed E-state index contributed by atoms with van der Waals surface area (Å²) in [5, 5.41) is 9.43. The van der Waals surface area contributed by atoms with Gasteiger partial charge in [0.25, 0.3) is 0 Å². The van der Waals surface area contributed by atoms with Gasteiger partial charge in [0, 0.05) is 17.0 Å². The molecule has 0 aliphatic rings. The zero-order chi connectivity index (χ0) is 15.1. The molecule has 21 heavy (non-hydrogen) atoms. The molecule has 108 valence electrons. The van der Waals surface area contributed by atoms with Crippen LogP contribution in [0, 0.1) is 18.8 Å². The molecule has 0 spiro atoms. The van der Waals surface area contributed by atoms with Crippen LogP contribution in [0.25, 0.3) is 0 Å². The Bertz CT molecular complexity index is 668. The zero-order valence-corrected chi connectivity index (χ0v) is 12.7. The summed E-state index contributed by atoms with van der Waals surface area (Å²) in [4.78, 5) is 0. The van der Waals surface area contributed by atoms with Crippen molar-refractivity contribution in [3.63, 3.8) is 0 Å². The summed E-state index contributed by atoms with van der Waals surface area (Å²) in [5.41, 5.74) is 3.05. The number of hydrogen-bond acceptors (Lipinski definition) is 2. The SMILES string of the molecule is Cc1cc(OCc2cccc(Cl)c2)ccc1C#CCCO. The maximum atomic E-state index is 8.72. The first kappa shape index (κ1) is 15.4. The third-order valence-electron chi connectivity index (χ3n) is 2.95. The van der Waals surface area contributed by atoms with Crippen LogP contribution in [0.15, 0.2) is 42.5 Å². The zero-order valence-electron chi connectivity index (χ0n) is 11.9. The maximum absolute atomic E-state index is 8.72. The Balaban J connectivity index is 2.02. The van der Waals surface area contributed by atoms with Crippen molar-refractivity contribution < 1.29 is 9.84 Å². The highest BCUT2D eigenvalue weighted by Crippen LogP contribution is 2.19. The van der Waals surface area contributed by atoms with Crippen molar-refractivity contribution in [2.75, 3.05) is 6.61 Å². The first-order chi connectivity index (χ1) is 10.2. The molecular formula is C18H17ClO2. The Morgan fingerprint density at radius 3 is 2.76 bits per heavy atom. The lowest BCUT2D eigenvalue weighted by Crippen LogP contribution is -1.96. The molecule has 1 N–H and O–H groups in total. The summed E-state index contributed by atoms with van der Waals surface area (Å²) >= 11 is 5.94. The van der Waals surface area contributed by atoms with Gasteiger partial charge >= 0.3 is 0 Å². The second kappa shape index (κ2) is 7.73. The molecular weight excluding hydrogens is 284 g/mol. The Hall–Kier alpha value is -1.95. The van der Waals surface area contributed by atoms with Gasteiger partial charge in [-0.15, -0.1) is 0 Å². The molecule has 0 aliphatic carbocycles. The maximum Gasteiger partial charge on any atom is 0.120 e. The van der Waals surface area contributed by atoms with Crippen molar-refractivity contribution in [2.45, 2.75) is 20.0 Å². The normalized spacial score (nSPS) is 9.86. The highest BCUT2D eigenvalue weighted by Gasteiger charge is 2.00. The third-order valence-corrected chi connectivity index (χ3v) is 3.19. The van der Waals surface area contributed by atoms with E-state index in [0.717, 1.165) is 22.4 Å². The van der Waals surface area contributed by atoms with Gasteiger partial charge < -0.3 is 9.84 Å². The first-order valence-corrected chi connectivity index (χ1v) is 7.14. The Morgan fingerprint density at radius 1 is 1.19 bits per heavy atom. The van der Waals surface area contributed by atoms with Crippen LogP contribution in [0.1, 0.15) is 23.1 Å². The highest BCUT2D eigenvalue weighted by molar-refractivity contribution is 6.30. The fraction of sp³-hybridized carbons (Fsp3) is 0.222. The van der Waals surface area contributed by atoms with Crippen molar-refractivity contribution in [1.82, 2.24) is 0 Å². The van der Waals surface area contributed by atoms with E-state index in [2.05, 4.69) is 11.8 Å². The van der Waals surface area contributed by atoms with Crippen LogP contribution in [0.5, 0.6) is 5.75 Å². The van der Waals surface area contributed by atoms with E-state index in [4.69, 9.17) is 21.4 Å². The van der Waals surface area contributed by atoms with Crippen molar-refractivity contribution in [2.24, 2.45) is 0 Å². The van der Waals surface area contributed by atoms with E-state index in [1.165, 1.54) is 0 Å². The largest absolute Gasteiger partial charge is 0.489 e. The molecule has 3 heteroatoms. The number of rotatable bonds is 4. The molecule has 2 nitrogen and oxygen atoms in total. The Labute approximate surface area is 130 Å². The van der Waals surface area contributed by atoms with Gasteiger partial charge in [-0.05, 0) is 48.4 Å². The summed E-state index contributed by atoms with van der Waals surface area (Å²) in [7, 11) is 0. The summed E-state index contributed by atoms with van der Waals surface area (Å²) in [5.74, 6) is 6.77. The summed E-state index contributed by atoms with van der Waals surface area (Å²) in [6.45, 7) is 2.57. The molecule has 0 amide bonds. The predicted octanol–water partition coefficient (Wildman–Crippen LogP) is 3.96. The molecule has 0 radical (unpaired) electrons. The van der Waals surface area contributed by atoms with Crippen LogP contribution in [0.2, 0.25) is 5.02 Å². The van der Waals surface area contributed by atoms with Crippen molar-refractivity contribution in [3.8, 4) is 17.6 Å². The van der Waals surface area contributed by atoms with Crippen LogP contribution in [0.4, 0.5) is 0 Å². The molecule has 2 rings (SSSR count). The van der Waals surface area contributed by atoms with Gasteiger partial charge in [0.05, 0.1) is 6.61 Å². The minimum Gasteiger partial charge on any atom is -0.489 e. The molecule has 0 bridgehead atoms. The topological polar surface area (TPSA) is 29.5 Å². The molecule has 0 atom stereocenters. The van der Waals surface area contributed by atoms with Crippen LogP contribution in [0.3, 0.4) is 0 Å². The number of ether oxygens (including phenoxy) is 1. The molecule has 0 saturated heterocycles. The summed E-state index contributed by atoms with van der Waals surface area (Å²) in [6.07, 6.45) is 0.493. The van der Waals surface area contributed by atoms with Gasteiger partial charge in [-0.1, -0.05) is 35.6 Å². The standard InChI is InChI=1S/C18H17ClO2/c1-14-11-18(9-8-16(14)6-2-3-10-20)21-13-15-5-4-7-17(19)12-15/h4-5,7-9,11-12,20H,3,10,13H2,1H3. The lowest BCUT2D eigenvalue weighted by atomic mass is 10.1. The number of aliphatic hydroxyl groups excluding tert-OH is 1. The highest BCUT2D eigenvalue weighted by atomic mass is 35.5. The average molecular weight is 301 g/mol. The van der Waals surface area contributed by atoms with E-state index in [1.54, 1.807) is 0 Å². The molecule has 0 aromatic heterocycles. The number of hydrogen-bond donors (Lipinski definition) is 1. The summed E-state index contributed by atoms with van der Waals surface area (Å²) in [6, 6.07) is 13.4. The molecule has 2 aromatic rings. The van der Waals surface area contributed by atoms with E-state index >= 15 is 0 Å². The minimum absolute atomic E-state index is 0.0902. The van der Waals surface area contributed by atoms with Crippen molar-refractivity contribution in [3.05, 3.63) is 64.2 Å². The van der Waals surface area contributed by atoms with E-state index in [0.29, 0.717) is 18.1 Å².